The minimum Gasteiger partial charge on any atom is -0.458 e. The van der Waals surface area contributed by atoms with E-state index in [1.165, 1.54) is 20.1 Å². The Labute approximate surface area is 453 Å². The van der Waals surface area contributed by atoms with Crippen LogP contribution in [-0.2, 0) is 71.2 Å². The number of hydrogen-bond acceptors (Lipinski definition) is 19. The number of ketones is 1. The predicted molar refractivity (Wildman–Crippen MR) is 275 cm³/mol. The van der Waals surface area contributed by atoms with Crippen molar-refractivity contribution >= 4 is 17.8 Å². The molecule has 0 aromatic heterocycles. The standard InChI is InChI=1S/C58H86O19/c1-30(59)38-21-24-58(64)56(38,7)43(74-44(60)18-17-35-15-13-12-14-16-35)29-42-55(6)22-20-37(25-36(55)19-23-57(42,58)63)73-45-26-39(65-8)50(32(3)69-45)75-46-27-40(66-9)51(33(4)70-46)76-47-28-41(67-10)52(34(5)71-47)77-54-49(62)53(68-11)48(61)31(2)72-54/h12-19,31-34,37-43,45-54,61-64H,20-29H2,1-11H3/b18-17-/t31-,32-,33-,34-,37+,38+,39-,40-,41-,42-,43-,45+,46+,47+,48+,49-,50-,51-,52-,53-,54+,55+,56+,57+,58-/m1/s1. The molecular formula is C58H86O19. The number of carbonyl (C=O) groups excluding carboxylic acids is 2. The van der Waals surface area contributed by atoms with Gasteiger partial charge in [0.25, 0.3) is 0 Å². The zero-order chi connectivity index (χ0) is 55.4. The number of aliphatic hydroxyl groups excluding tert-OH is 2. The van der Waals surface area contributed by atoms with E-state index in [2.05, 4.69) is 13.0 Å². The number of carbonyl (C=O) groups is 2. The number of fused-ring (bicyclic) bond motifs is 5. The van der Waals surface area contributed by atoms with E-state index in [1.807, 2.05) is 58.0 Å². The summed E-state index contributed by atoms with van der Waals surface area (Å²) in [6.07, 6.45) is -3.10. The van der Waals surface area contributed by atoms with E-state index in [9.17, 15) is 30.0 Å². The normalized spacial score (nSPS) is 48.1. The van der Waals surface area contributed by atoms with Crippen molar-refractivity contribution in [2.75, 3.05) is 28.4 Å². The van der Waals surface area contributed by atoms with Crippen LogP contribution in [-0.4, -0.2) is 189 Å². The average Bonchev–Trinajstić information content (AvgIpc) is 3.90. The zero-order valence-corrected chi connectivity index (χ0v) is 46.7. The molecule has 19 heteroatoms. The molecule has 1 aromatic rings. The van der Waals surface area contributed by atoms with Gasteiger partial charge in [0.2, 0.25) is 0 Å². The van der Waals surface area contributed by atoms with Crippen molar-refractivity contribution in [3.63, 3.8) is 0 Å². The Kier molecular flexibility index (Phi) is 18.0. The highest BCUT2D eigenvalue weighted by Crippen LogP contribution is 2.70. The van der Waals surface area contributed by atoms with Crippen LogP contribution < -0.4 is 0 Å². The van der Waals surface area contributed by atoms with E-state index in [-0.39, 0.29) is 24.7 Å². The van der Waals surface area contributed by atoms with Gasteiger partial charge in [0.05, 0.1) is 48.8 Å². The SMILES string of the molecule is CO[C@@H]1[C@@H](O)[C@@H](C)O[C@@H](O[C@@H]2[C@@H](C)O[C@@H](O[C@@H]3[C@@H](C)O[C@@H](O[C@@H]4[C@@H](C)O[C@@H](O[C@H]5CC[C@@]6(C)C(=CC[C@]7(O)[C@@H]6C[C@@H](OC(=O)/C=C\c6ccccc6)[C@]6(C)[C@H](C(C)=O)CC[C@@]67O)C5)C[C@H]4OC)C[C@H]3OC)C[C@H]2OC)[C@@H]1O. The summed E-state index contributed by atoms with van der Waals surface area (Å²) in [5.41, 5.74) is -3.04. The molecule has 7 fully saturated rings. The quantitative estimate of drug-likeness (QED) is 0.0959. The van der Waals surface area contributed by atoms with Crippen molar-refractivity contribution in [3.8, 4) is 0 Å². The summed E-state index contributed by atoms with van der Waals surface area (Å²) < 4.78 is 81.2. The van der Waals surface area contributed by atoms with Crippen LogP contribution in [0.1, 0.15) is 118 Å². The lowest BCUT2D eigenvalue weighted by atomic mass is 9.43. The molecule has 4 N–H and O–H groups in total. The first-order chi connectivity index (χ1) is 36.6. The molecule has 432 valence electrons. The maximum atomic E-state index is 13.6. The van der Waals surface area contributed by atoms with E-state index in [4.69, 9.17) is 61.6 Å². The summed E-state index contributed by atoms with van der Waals surface area (Å²) in [6, 6.07) is 9.46. The van der Waals surface area contributed by atoms with Crippen LogP contribution >= 0.6 is 0 Å². The molecule has 4 saturated heterocycles. The Bertz CT molecular complexity index is 2250. The molecule has 0 spiro atoms. The summed E-state index contributed by atoms with van der Waals surface area (Å²) in [6.45, 7) is 12.9. The minimum atomic E-state index is -1.69. The fraction of sp³-hybridized carbons (Fsp3) is 0.793. The molecular weight excluding hydrogens is 1000 g/mol. The number of Topliss-reactive ketones (excluding diaryl/α,β-unsaturated/α-hetero) is 1. The average molecular weight is 1090 g/mol. The van der Waals surface area contributed by atoms with Crippen LogP contribution in [0.4, 0.5) is 0 Å². The van der Waals surface area contributed by atoms with Gasteiger partial charge in [-0.2, -0.15) is 0 Å². The van der Waals surface area contributed by atoms with E-state index in [1.54, 1.807) is 34.3 Å². The smallest absolute Gasteiger partial charge is 0.331 e. The van der Waals surface area contributed by atoms with Crippen LogP contribution in [0.15, 0.2) is 48.1 Å². The Balaban J connectivity index is 0.802. The third kappa shape index (κ3) is 10.9. The molecule has 0 bridgehead atoms. The molecule has 4 aliphatic carbocycles. The van der Waals surface area contributed by atoms with Crippen molar-refractivity contribution in [3.05, 3.63) is 53.6 Å². The Hall–Kier alpha value is -2.80. The van der Waals surface area contributed by atoms with Gasteiger partial charge in [0, 0.05) is 71.0 Å². The highest BCUT2D eigenvalue weighted by molar-refractivity contribution is 5.87. The van der Waals surface area contributed by atoms with Gasteiger partial charge in [-0.3, -0.25) is 4.79 Å². The van der Waals surface area contributed by atoms with E-state index in [0.29, 0.717) is 51.4 Å². The molecule has 1 aromatic carbocycles. The number of esters is 1. The van der Waals surface area contributed by atoms with E-state index in [0.717, 1.165) is 11.1 Å². The number of methoxy groups -OCH3 is 4. The van der Waals surface area contributed by atoms with Crippen LogP contribution in [0.5, 0.6) is 0 Å². The first kappa shape index (κ1) is 58.8. The molecule has 77 heavy (non-hydrogen) atoms. The molecule has 19 nitrogen and oxygen atoms in total. The van der Waals surface area contributed by atoms with Gasteiger partial charge in [0.1, 0.15) is 59.7 Å². The monoisotopic (exact) mass is 1090 g/mol. The number of benzene rings is 1. The largest absolute Gasteiger partial charge is 0.458 e. The van der Waals surface area contributed by atoms with Crippen LogP contribution in [0, 0.1) is 22.7 Å². The molecule has 9 rings (SSSR count). The van der Waals surface area contributed by atoms with Crippen LogP contribution in [0.3, 0.4) is 0 Å². The molecule has 4 aliphatic heterocycles. The van der Waals surface area contributed by atoms with Crippen molar-refractivity contribution in [1.82, 2.24) is 0 Å². The third-order valence-electron chi connectivity index (χ3n) is 19.5. The first-order valence-corrected chi connectivity index (χ1v) is 27.9. The summed E-state index contributed by atoms with van der Waals surface area (Å²) in [5.74, 6) is -1.71. The van der Waals surface area contributed by atoms with Crippen molar-refractivity contribution in [2.24, 2.45) is 22.7 Å². The first-order valence-electron chi connectivity index (χ1n) is 27.9. The Morgan fingerprint density at radius 2 is 1.22 bits per heavy atom. The predicted octanol–water partition coefficient (Wildman–Crippen LogP) is 5.09. The van der Waals surface area contributed by atoms with Gasteiger partial charge >= 0.3 is 5.97 Å². The Morgan fingerprint density at radius 1 is 0.662 bits per heavy atom. The van der Waals surface area contributed by atoms with Gasteiger partial charge in [-0.05, 0) is 96.6 Å². The summed E-state index contributed by atoms with van der Waals surface area (Å²) in [4.78, 5) is 26.9. The molecule has 3 saturated carbocycles. The maximum absolute atomic E-state index is 13.6. The van der Waals surface area contributed by atoms with Gasteiger partial charge in [-0.15, -0.1) is 0 Å². The maximum Gasteiger partial charge on any atom is 0.331 e. The summed E-state index contributed by atoms with van der Waals surface area (Å²) in [5, 5.41) is 47.3. The van der Waals surface area contributed by atoms with Gasteiger partial charge in [-0.25, -0.2) is 4.79 Å². The highest BCUT2D eigenvalue weighted by atomic mass is 16.8. The van der Waals surface area contributed by atoms with Crippen molar-refractivity contribution in [2.45, 2.75) is 241 Å². The number of rotatable bonds is 16. The summed E-state index contributed by atoms with van der Waals surface area (Å²) >= 11 is 0. The molecule has 25 atom stereocenters. The van der Waals surface area contributed by atoms with E-state index >= 15 is 0 Å². The van der Waals surface area contributed by atoms with Crippen LogP contribution in [0.2, 0.25) is 0 Å². The number of hydrogen-bond donors (Lipinski definition) is 4. The lowest BCUT2D eigenvalue weighted by Gasteiger charge is -2.66. The molecule has 0 radical (unpaired) electrons. The zero-order valence-electron chi connectivity index (χ0n) is 46.7. The van der Waals surface area contributed by atoms with Crippen LogP contribution in [0.25, 0.3) is 6.08 Å². The highest BCUT2D eigenvalue weighted by Gasteiger charge is 2.77. The second-order valence-electron chi connectivity index (χ2n) is 23.6. The molecule has 0 unspecified atom stereocenters. The van der Waals surface area contributed by atoms with E-state index < -0.39 is 150 Å². The van der Waals surface area contributed by atoms with Gasteiger partial charge in [-0.1, -0.05) is 55.8 Å². The van der Waals surface area contributed by atoms with Crippen molar-refractivity contribution < 1.29 is 91.6 Å². The van der Waals surface area contributed by atoms with Crippen molar-refractivity contribution in [1.29, 1.82) is 0 Å². The topological polar surface area (TPSA) is 235 Å². The van der Waals surface area contributed by atoms with Gasteiger partial charge in [0.15, 0.2) is 25.2 Å². The van der Waals surface area contributed by atoms with Gasteiger partial charge < -0.3 is 82.0 Å². The molecule has 0 amide bonds. The minimum absolute atomic E-state index is 0.0917. The second-order valence-corrected chi connectivity index (χ2v) is 23.6. The fourth-order valence-electron chi connectivity index (χ4n) is 15.1. The lowest BCUT2D eigenvalue weighted by Crippen LogP contribution is -2.75. The number of aliphatic hydroxyl groups is 4. The number of ether oxygens (including phenoxy) is 13. The molecule has 8 aliphatic rings. The fourth-order valence-corrected chi connectivity index (χ4v) is 15.1. The third-order valence-corrected chi connectivity index (χ3v) is 19.5. The molecule has 4 heterocycles. The second kappa shape index (κ2) is 23.6. The lowest BCUT2D eigenvalue weighted by molar-refractivity contribution is -0.355. The summed E-state index contributed by atoms with van der Waals surface area (Å²) in [7, 11) is 6.27. The Morgan fingerprint density at radius 3 is 1.77 bits per heavy atom.